The van der Waals surface area contributed by atoms with Crippen molar-refractivity contribution in [3.8, 4) is 0 Å². The highest BCUT2D eigenvalue weighted by Crippen LogP contribution is 0.217. The maximum absolute atomic E-state index is 0. The molecule has 0 heteroatoms. The summed E-state index contributed by atoms with van der Waals surface area (Å²) < 4.78 is 0. The summed E-state index contributed by atoms with van der Waals surface area (Å²) in [5.74, 6) is 0. The molecular formula is C74H296. The molecule has 0 aromatic carbocycles. The molecule has 592 valence electrons. The lowest BCUT2D eigenvalue weighted by Gasteiger charge is -0.0786. The molecule has 0 unspecified atom stereocenters. The molecule has 0 heterocycles. The van der Waals surface area contributed by atoms with Gasteiger partial charge in [0.2, 0.25) is 0 Å². The van der Waals surface area contributed by atoms with E-state index in [0.29, 0.717) is 0 Å². The van der Waals surface area contributed by atoms with E-state index in [9.17, 15) is 0 Å². The summed E-state index contributed by atoms with van der Waals surface area (Å²) in [6, 6.07) is 0. The molecule has 0 saturated carbocycles. The first-order chi connectivity index (χ1) is 0. The van der Waals surface area contributed by atoms with Gasteiger partial charge in [0, 0.05) is 0 Å². The number of hydrogen-bond donors (Lipinski definition) is 0. The second-order valence-electron chi connectivity index (χ2n) is 0. The van der Waals surface area contributed by atoms with Crippen LogP contribution in [0, 0.1) is 0 Å². The van der Waals surface area contributed by atoms with Crippen molar-refractivity contribution < 1.29 is 0 Å². The van der Waals surface area contributed by atoms with Gasteiger partial charge in [-0.25, -0.2) is 0 Å². The van der Waals surface area contributed by atoms with Gasteiger partial charge in [-0.3, -0.25) is 0 Å². The van der Waals surface area contributed by atoms with Gasteiger partial charge in [0.15, 0.2) is 0 Å². The van der Waals surface area contributed by atoms with E-state index in [0.717, 1.165) is 0 Å². The summed E-state index contributed by atoms with van der Waals surface area (Å²) in [5.41, 5.74) is 0. The average molecular weight is 1190 g/mol. The molecule has 0 N–H and O–H groups in total. The van der Waals surface area contributed by atoms with Gasteiger partial charge >= 0.3 is 0 Å². The minimum Gasteiger partial charge on any atom is -0.0776 e. The minimum absolute atomic E-state index is 0. The Bertz CT molecular complexity index is 0. The summed E-state index contributed by atoms with van der Waals surface area (Å²) in [4.78, 5) is 0. The van der Waals surface area contributed by atoms with Crippen molar-refractivity contribution in [1.29, 1.82) is 0 Å². The lowest BCUT2D eigenvalue weighted by atomic mass is 12.0. The van der Waals surface area contributed by atoms with E-state index in [2.05, 4.69) is 0 Å². The summed E-state index contributed by atoms with van der Waals surface area (Å²) in [6.07, 6.45) is 0. The van der Waals surface area contributed by atoms with Crippen molar-refractivity contribution in [2.45, 2.75) is 550 Å². The molecule has 0 bridgehead atoms. The van der Waals surface area contributed by atoms with Crippen molar-refractivity contribution in [2.24, 2.45) is 0 Å². The van der Waals surface area contributed by atoms with E-state index in [-0.39, 0.29) is 550 Å². The predicted octanol–water partition coefficient (Wildman–Crippen LogP) is 47.1. The molecule has 0 aromatic rings. The Morgan fingerprint density at radius 1 is 0.0135 bits per heavy atom. The molecule has 0 radical (unpaired) electrons. The van der Waals surface area contributed by atoms with Crippen molar-refractivity contribution in [1.82, 2.24) is 0 Å². The van der Waals surface area contributed by atoms with Crippen LogP contribution in [-0.2, 0) is 0 Å². The molecule has 0 aliphatic rings. The van der Waals surface area contributed by atoms with E-state index in [1.165, 1.54) is 0 Å². The third kappa shape index (κ3) is 0. The molecule has 0 aliphatic heterocycles. The van der Waals surface area contributed by atoms with Crippen molar-refractivity contribution in [3.05, 3.63) is 0 Å². The Morgan fingerprint density at radius 3 is 0.0135 bits per heavy atom. The van der Waals surface area contributed by atoms with Gasteiger partial charge in [-0.05, 0) is 0 Å². The van der Waals surface area contributed by atoms with Crippen LogP contribution in [0.1, 0.15) is 550 Å². The van der Waals surface area contributed by atoms with Crippen LogP contribution in [0.2, 0.25) is 0 Å². The third-order valence-corrected chi connectivity index (χ3v) is 0. The Labute approximate surface area is 547 Å². The van der Waals surface area contributed by atoms with Crippen molar-refractivity contribution in [3.63, 3.8) is 0 Å². The van der Waals surface area contributed by atoms with Crippen LogP contribution < -0.4 is 0 Å². The van der Waals surface area contributed by atoms with E-state index in [1.54, 1.807) is 0 Å². The molecule has 0 rings (SSSR count). The highest BCUT2D eigenvalue weighted by molar-refractivity contribution is 2.58. The van der Waals surface area contributed by atoms with Gasteiger partial charge in [-0.1, -0.05) is 550 Å². The molecule has 74 heavy (non-hydrogen) atoms. The number of rotatable bonds is 0. The molecule has 0 amide bonds. The standard InChI is InChI=1S/74CH4/h74*1H4. The largest absolute Gasteiger partial charge is 0.0776 e. The maximum atomic E-state index is 0. The zero-order valence-corrected chi connectivity index (χ0v) is 0. The third-order valence-electron chi connectivity index (χ3n) is 0. The van der Waals surface area contributed by atoms with Crippen LogP contribution >= 0.6 is 0 Å². The summed E-state index contributed by atoms with van der Waals surface area (Å²) in [7, 11) is 0. The topological polar surface area (TPSA) is 0 Å². The first kappa shape index (κ1) is 0. The Kier molecular flexibility index (Phi) is 0. The summed E-state index contributed by atoms with van der Waals surface area (Å²) >= 11 is 0. The SMILES string of the molecule is C.C.C.C.C.C.C.C.C.C.C.C.C.C.C.C.C.C.C.C.C.C.C.C.C.C.C.C.C.C.C.C.C.C.C.C.C.C.C.C.C.C.C.C.C.C.C.C.C.C.C.C.C.C.C.C.C.C.C.C.C.C.C.C.C.C.C.C.C.C.C.C.C.C. The van der Waals surface area contributed by atoms with Gasteiger partial charge in [0.25, 0.3) is 0 Å². The van der Waals surface area contributed by atoms with Crippen molar-refractivity contribution >= 4 is 0 Å². The molecule has 0 atom stereocenters. The highest BCUT2D eigenvalue weighted by Gasteiger charge is -0.00456. The second kappa shape index (κ2) is 0. The first-order valence-corrected chi connectivity index (χ1v) is 0. The fraction of sp³-hybridized carbons (Fsp3) is 1.00. The Morgan fingerprint density at radius 2 is 0.0135 bits per heavy atom. The minimum atomic E-state index is 0. The van der Waals surface area contributed by atoms with Crippen LogP contribution in [0.5, 0.6) is 0 Å². The van der Waals surface area contributed by atoms with Crippen LogP contribution in [0.15, 0.2) is 0 Å². The van der Waals surface area contributed by atoms with Crippen LogP contribution in [0.25, 0.3) is 0 Å². The average Bonchev–Trinajstić information content (AvgIpc) is 0. The fourth-order valence-corrected chi connectivity index (χ4v) is 0. The predicted molar refractivity (Wildman–Crippen MR) is 498 cm³/mol. The zero-order chi connectivity index (χ0) is 0. The summed E-state index contributed by atoms with van der Waals surface area (Å²) in [5, 5.41) is 0. The van der Waals surface area contributed by atoms with E-state index in [4.69, 9.17) is 0 Å². The lowest BCUT2D eigenvalue weighted by molar-refractivity contribution is 2.50. The lowest BCUT2D eigenvalue weighted by Crippen LogP contribution is 0.143. The number of hydrogen-bond acceptors (Lipinski definition) is 0. The van der Waals surface area contributed by atoms with Crippen LogP contribution in [0.4, 0.5) is 0 Å². The monoisotopic (exact) mass is 1190 g/mol. The molecule has 0 saturated heterocycles. The smallest absolute Gasteiger partial charge is 0.0776 e. The van der Waals surface area contributed by atoms with Crippen LogP contribution in [-0.4, -0.2) is 0 Å². The maximum Gasteiger partial charge on any atom is -0.0776 e. The van der Waals surface area contributed by atoms with E-state index >= 15 is 0 Å². The van der Waals surface area contributed by atoms with Gasteiger partial charge in [0.05, 0.1) is 0 Å². The quantitative estimate of drug-likeness (QED) is 0.227. The van der Waals surface area contributed by atoms with E-state index in [1.807, 2.05) is 0 Å². The summed E-state index contributed by atoms with van der Waals surface area (Å²) in [6.45, 7) is 0. The first-order valence-electron chi connectivity index (χ1n) is 0. The zero-order valence-electron chi connectivity index (χ0n) is 0. The second-order valence-corrected chi connectivity index (χ2v) is 0. The highest BCUT2D eigenvalue weighted by atomic mass is 12.1. The molecule has 0 aromatic heterocycles. The van der Waals surface area contributed by atoms with Crippen molar-refractivity contribution in [2.75, 3.05) is 0 Å². The van der Waals surface area contributed by atoms with Gasteiger partial charge < -0.3 is 0 Å². The molecular weight excluding hydrogens is 889 g/mol. The normalized spacial score (nSPS) is 0. The molecule has 0 aliphatic carbocycles. The van der Waals surface area contributed by atoms with Gasteiger partial charge in [-0.15, -0.1) is 0 Å². The molecule has 0 nitrogen and oxygen atoms in total. The fourth-order valence-electron chi connectivity index (χ4n) is 0. The Balaban J connectivity index is 0. The van der Waals surface area contributed by atoms with Crippen LogP contribution in [0.3, 0.4) is 0 Å². The molecule has 0 spiro atoms. The Hall–Kier alpha value is 0. The molecule has 0 fully saturated rings. The van der Waals surface area contributed by atoms with Gasteiger partial charge in [-0.2, -0.15) is 0 Å². The van der Waals surface area contributed by atoms with Gasteiger partial charge in [0.1, 0.15) is 0 Å². The van der Waals surface area contributed by atoms with E-state index < -0.39 is 0 Å².